The molecule has 0 N–H and O–H groups in total. The van der Waals surface area contributed by atoms with Gasteiger partial charge < -0.3 is 9.47 Å². The quantitative estimate of drug-likeness (QED) is 0.209. The van der Waals surface area contributed by atoms with E-state index >= 15 is 0 Å². The van der Waals surface area contributed by atoms with Crippen molar-refractivity contribution in [1.82, 2.24) is 0 Å². The van der Waals surface area contributed by atoms with E-state index in [2.05, 4.69) is 21.3 Å². The van der Waals surface area contributed by atoms with E-state index in [4.69, 9.17) is 10.3 Å². The van der Waals surface area contributed by atoms with Crippen molar-refractivity contribution in [1.29, 1.82) is 0 Å². The summed E-state index contributed by atoms with van der Waals surface area (Å²) >= 11 is 0. The summed E-state index contributed by atoms with van der Waals surface area (Å²) in [6, 6.07) is 3.25. The van der Waals surface area contributed by atoms with Crippen LogP contribution in [0.15, 0.2) is 35.5 Å². The minimum atomic E-state index is -4.99. The molecule has 0 fully saturated rings. The number of carbonyl (C=O) groups excluding carboxylic acids is 1. The molecule has 0 aliphatic heterocycles. The van der Waals surface area contributed by atoms with Gasteiger partial charge in [-0.15, -0.1) is 13.2 Å². The topological polar surface area (TPSA) is 84.3 Å². The minimum Gasteiger partial charge on any atom is -0.419 e. The molecule has 0 saturated carbocycles. The lowest BCUT2D eigenvalue weighted by Gasteiger charge is -2.14. The van der Waals surface area contributed by atoms with Crippen molar-refractivity contribution in [3.8, 4) is 11.5 Å². The van der Waals surface area contributed by atoms with Crippen molar-refractivity contribution in [2.45, 2.75) is 13.3 Å². The molecule has 106 valence electrons. The van der Waals surface area contributed by atoms with Crippen LogP contribution in [0, 0.1) is 0 Å². The molecule has 0 spiro atoms. The zero-order valence-corrected chi connectivity index (χ0v) is 10.1. The van der Waals surface area contributed by atoms with Crippen LogP contribution < -0.4 is 9.47 Å². The van der Waals surface area contributed by atoms with Crippen LogP contribution >= 0.6 is 0 Å². The Labute approximate surface area is 111 Å². The summed E-state index contributed by atoms with van der Waals surface area (Å²) in [5.41, 5.74) is 7.99. The zero-order valence-electron chi connectivity index (χ0n) is 10.1. The number of halogens is 3. The van der Waals surface area contributed by atoms with Gasteiger partial charge in [-0.25, -0.2) is 4.79 Å². The Bertz CT molecular complexity index is 592. The zero-order chi connectivity index (χ0) is 15.3. The van der Waals surface area contributed by atoms with Gasteiger partial charge in [-0.1, -0.05) is 17.8 Å². The van der Waals surface area contributed by atoms with Gasteiger partial charge in [0, 0.05) is 10.5 Å². The number of hydrogen-bond donors (Lipinski definition) is 0. The average molecular weight is 287 g/mol. The first-order valence-corrected chi connectivity index (χ1v) is 5.06. The van der Waals surface area contributed by atoms with Crippen LogP contribution in [0.5, 0.6) is 11.5 Å². The monoisotopic (exact) mass is 287 g/mol. The average Bonchev–Trinajstić information content (AvgIpc) is 2.31. The third-order valence-corrected chi connectivity index (χ3v) is 1.88. The van der Waals surface area contributed by atoms with Crippen molar-refractivity contribution < 1.29 is 27.4 Å². The van der Waals surface area contributed by atoms with Gasteiger partial charge in [0.1, 0.15) is 0 Å². The lowest BCUT2D eigenvalue weighted by molar-refractivity contribution is -0.275. The Morgan fingerprint density at radius 2 is 2.10 bits per heavy atom. The summed E-state index contributed by atoms with van der Waals surface area (Å²) in [7, 11) is 0. The Kier molecular flexibility index (Phi) is 4.60. The predicted molar refractivity (Wildman–Crippen MR) is 62.4 cm³/mol. The molecule has 1 rings (SSSR count). The highest BCUT2D eigenvalue weighted by molar-refractivity contribution is 5.90. The van der Waals surface area contributed by atoms with Crippen molar-refractivity contribution >= 4 is 11.7 Å². The standard InChI is InChI=1S/C11H8F3N3O3/c1-6(2)10(18)19-9-7(16-17-15)4-3-5-8(9)20-11(12,13)14/h3-5H,1H2,2H3. The molecule has 0 amide bonds. The molecule has 0 aliphatic carbocycles. The molecule has 6 nitrogen and oxygen atoms in total. The van der Waals surface area contributed by atoms with E-state index in [0.717, 1.165) is 12.1 Å². The molecule has 9 heteroatoms. The highest BCUT2D eigenvalue weighted by atomic mass is 19.4. The van der Waals surface area contributed by atoms with Crippen molar-refractivity contribution in [2.75, 3.05) is 0 Å². The number of alkyl halides is 3. The maximum absolute atomic E-state index is 12.3. The van der Waals surface area contributed by atoms with Gasteiger partial charge in [0.25, 0.3) is 0 Å². The number of hydrogen-bond acceptors (Lipinski definition) is 4. The molecule has 0 atom stereocenters. The molecule has 1 aromatic rings. The van der Waals surface area contributed by atoms with E-state index in [0.29, 0.717) is 0 Å². The fourth-order valence-electron chi connectivity index (χ4n) is 1.12. The Morgan fingerprint density at radius 1 is 1.45 bits per heavy atom. The van der Waals surface area contributed by atoms with Crippen LogP contribution in [0.4, 0.5) is 18.9 Å². The lowest BCUT2D eigenvalue weighted by atomic mass is 10.2. The number of benzene rings is 1. The summed E-state index contributed by atoms with van der Waals surface area (Å²) in [5.74, 6) is -2.40. The second-order valence-electron chi connectivity index (χ2n) is 3.51. The number of rotatable bonds is 4. The minimum absolute atomic E-state index is 0.0429. The highest BCUT2D eigenvalue weighted by Gasteiger charge is 2.33. The fraction of sp³-hybridized carbons (Fsp3) is 0.182. The maximum Gasteiger partial charge on any atom is 0.573 e. The Balaban J connectivity index is 3.29. The van der Waals surface area contributed by atoms with Gasteiger partial charge in [-0.2, -0.15) is 0 Å². The molecule has 0 bridgehead atoms. The summed E-state index contributed by atoms with van der Waals surface area (Å²) in [5, 5.41) is 3.14. The highest BCUT2D eigenvalue weighted by Crippen LogP contribution is 2.40. The van der Waals surface area contributed by atoms with Crippen LogP contribution in [-0.4, -0.2) is 12.3 Å². The van der Waals surface area contributed by atoms with Crippen LogP contribution in [0.3, 0.4) is 0 Å². The third kappa shape index (κ3) is 4.21. The van der Waals surface area contributed by atoms with Gasteiger partial charge in [0.05, 0.1) is 5.69 Å². The van der Waals surface area contributed by atoms with Gasteiger partial charge in [-0.05, 0) is 24.6 Å². The largest absolute Gasteiger partial charge is 0.573 e. The van der Waals surface area contributed by atoms with Gasteiger partial charge >= 0.3 is 12.3 Å². The van der Waals surface area contributed by atoms with E-state index in [9.17, 15) is 18.0 Å². The molecule has 0 aromatic heterocycles. The molecule has 0 radical (unpaired) electrons. The SMILES string of the molecule is C=C(C)C(=O)Oc1c(N=[N+]=[N-])cccc1OC(F)(F)F. The predicted octanol–water partition coefficient (Wildman–Crippen LogP) is 4.01. The van der Waals surface area contributed by atoms with E-state index in [1.165, 1.54) is 13.0 Å². The van der Waals surface area contributed by atoms with Crippen LogP contribution in [0.2, 0.25) is 0 Å². The van der Waals surface area contributed by atoms with Gasteiger partial charge in [-0.3, -0.25) is 0 Å². The summed E-state index contributed by atoms with van der Waals surface area (Å²) in [6.07, 6.45) is -4.99. The number of esters is 1. The van der Waals surface area contributed by atoms with E-state index < -0.39 is 23.8 Å². The third-order valence-electron chi connectivity index (χ3n) is 1.88. The second kappa shape index (κ2) is 5.98. The molecule has 0 heterocycles. The molecular formula is C11H8F3N3O3. The number of ether oxygens (including phenoxy) is 2. The number of azide groups is 1. The molecule has 0 unspecified atom stereocenters. The molecule has 0 saturated heterocycles. The Hall–Kier alpha value is -2.67. The van der Waals surface area contributed by atoms with Gasteiger partial charge in [0.15, 0.2) is 11.5 Å². The van der Waals surface area contributed by atoms with E-state index in [1.807, 2.05) is 0 Å². The normalized spacial score (nSPS) is 10.4. The van der Waals surface area contributed by atoms with Crippen LogP contribution in [0.1, 0.15) is 6.92 Å². The van der Waals surface area contributed by atoms with Crippen molar-refractivity contribution in [3.63, 3.8) is 0 Å². The number of carbonyl (C=O) groups is 1. The van der Waals surface area contributed by atoms with E-state index in [1.54, 1.807) is 0 Å². The first-order valence-electron chi connectivity index (χ1n) is 5.06. The lowest BCUT2D eigenvalue weighted by Crippen LogP contribution is -2.18. The number of nitrogens with zero attached hydrogens (tertiary/aromatic N) is 3. The summed E-state index contributed by atoms with van der Waals surface area (Å²) in [4.78, 5) is 13.8. The van der Waals surface area contributed by atoms with Crippen LogP contribution in [0.25, 0.3) is 10.4 Å². The van der Waals surface area contributed by atoms with Gasteiger partial charge in [0.2, 0.25) is 0 Å². The smallest absolute Gasteiger partial charge is 0.419 e. The molecule has 0 aliphatic rings. The van der Waals surface area contributed by atoms with Crippen molar-refractivity contribution in [2.24, 2.45) is 5.11 Å². The summed E-state index contributed by atoms with van der Waals surface area (Å²) in [6.45, 7) is 4.60. The van der Waals surface area contributed by atoms with Crippen LogP contribution in [-0.2, 0) is 4.79 Å². The fourth-order valence-corrected chi connectivity index (χ4v) is 1.12. The second-order valence-corrected chi connectivity index (χ2v) is 3.51. The van der Waals surface area contributed by atoms with Crippen molar-refractivity contribution in [3.05, 3.63) is 40.8 Å². The first-order chi connectivity index (χ1) is 9.24. The first kappa shape index (κ1) is 15.4. The van der Waals surface area contributed by atoms with E-state index in [-0.39, 0.29) is 11.3 Å². The maximum atomic E-state index is 12.3. The number of para-hydroxylation sites is 1. The molecule has 1 aromatic carbocycles. The molecular weight excluding hydrogens is 279 g/mol. The molecule has 20 heavy (non-hydrogen) atoms. The summed E-state index contributed by atoms with van der Waals surface area (Å²) < 4.78 is 45.2. The Morgan fingerprint density at radius 3 is 2.60 bits per heavy atom.